The van der Waals surface area contributed by atoms with Crippen LogP contribution in [-0.4, -0.2) is 25.0 Å². The van der Waals surface area contributed by atoms with Crippen molar-refractivity contribution in [3.8, 4) is 12.1 Å². The Morgan fingerprint density at radius 1 is 1.26 bits per heavy atom. The molecule has 0 aliphatic rings. The summed E-state index contributed by atoms with van der Waals surface area (Å²) in [4.78, 5) is 18.1. The zero-order valence-corrected chi connectivity index (χ0v) is 16.0. The summed E-state index contributed by atoms with van der Waals surface area (Å²) < 4.78 is 13.2. The fraction of sp³-hybridized carbons (Fsp3) is 0.263. The minimum Gasteiger partial charge on any atom is -0.368 e. The van der Waals surface area contributed by atoms with E-state index in [1.807, 2.05) is 6.92 Å². The van der Waals surface area contributed by atoms with Crippen molar-refractivity contribution in [1.82, 2.24) is 4.98 Å². The summed E-state index contributed by atoms with van der Waals surface area (Å²) in [5.41, 5.74) is 7.21. The number of amides is 1. The van der Waals surface area contributed by atoms with Crippen molar-refractivity contribution in [2.24, 2.45) is 5.73 Å². The van der Waals surface area contributed by atoms with E-state index in [1.54, 1.807) is 19.0 Å². The molecule has 2 aromatic rings. The summed E-state index contributed by atoms with van der Waals surface area (Å²) in [6.07, 6.45) is 0.459. The van der Waals surface area contributed by atoms with Crippen LogP contribution < -0.4 is 10.6 Å². The number of carbonyl (C=O) groups excluding carboxylic acids is 1. The van der Waals surface area contributed by atoms with Crippen molar-refractivity contribution < 1.29 is 9.18 Å². The van der Waals surface area contributed by atoms with Crippen LogP contribution in [0, 0.1) is 28.5 Å². The Morgan fingerprint density at radius 2 is 1.85 bits per heavy atom. The molecule has 0 aliphatic heterocycles. The number of nitrogens with two attached hydrogens (primary N) is 1. The lowest BCUT2D eigenvalue weighted by Gasteiger charge is -2.20. The van der Waals surface area contributed by atoms with E-state index in [1.165, 1.54) is 24.3 Å². The summed E-state index contributed by atoms with van der Waals surface area (Å²) in [5, 5.41) is 18.6. The molecule has 6 nitrogen and oxygen atoms in total. The molecule has 138 valence electrons. The Kier molecular flexibility index (Phi) is 6.38. The maximum atomic E-state index is 13.2. The first kappa shape index (κ1) is 20.2. The molecule has 1 heterocycles. The van der Waals surface area contributed by atoms with Gasteiger partial charge in [-0.05, 0) is 29.7 Å². The van der Waals surface area contributed by atoms with Crippen LogP contribution in [-0.2, 0) is 11.2 Å². The van der Waals surface area contributed by atoms with Gasteiger partial charge in [0.2, 0.25) is 5.91 Å². The minimum absolute atomic E-state index is 0.248. The van der Waals surface area contributed by atoms with E-state index in [-0.39, 0.29) is 5.56 Å². The number of rotatable bonds is 6. The molecular formula is C19H18FN5OS. The lowest BCUT2D eigenvalue weighted by molar-refractivity contribution is -0.117. The number of halogens is 1. The quantitative estimate of drug-likeness (QED) is 0.769. The van der Waals surface area contributed by atoms with E-state index in [9.17, 15) is 19.7 Å². The van der Waals surface area contributed by atoms with Crippen molar-refractivity contribution in [3.63, 3.8) is 0 Å². The maximum Gasteiger partial charge on any atom is 0.235 e. The number of anilines is 1. The number of aromatic nitrogens is 1. The Labute approximate surface area is 161 Å². The molecule has 27 heavy (non-hydrogen) atoms. The first-order valence-corrected chi connectivity index (χ1v) is 8.97. The lowest BCUT2D eigenvalue weighted by Crippen LogP contribution is -2.20. The summed E-state index contributed by atoms with van der Waals surface area (Å²) in [6.45, 7) is 1.84. The van der Waals surface area contributed by atoms with Crippen LogP contribution in [0.3, 0.4) is 0 Å². The van der Waals surface area contributed by atoms with E-state index in [4.69, 9.17) is 5.73 Å². The molecular weight excluding hydrogens is 365 g/mol. The smallest absolute Gasteiger partial charge is 0.235 e. The van der Waals surface area contributed by atoms with Crippen LogP contribution in [0.15, 0.2) is 29.3 Å². The Morgan fingerprint density at radius 3 is 2.30 bits per heavy atom. The first-order valence-electron chi connectivity index (χ1n) is 8.09. The Balaban J connectivity index is 2.64. The zero-order valence-electron chi connectivity index (χ0n) is 15.2. The molecule has 0 bridgehead atoms. The van der Waals surface area contributed by atoms with Crippen LogP contribution in [0.25, 0.3) is 0 Å². The van der Waals surface area contributed by atoms with Crippen LogP contribution in [0.1, 0.15) is 34.4 Å². The number of carbonyl (C=O) groups is 1. The molecule has 1 atom stereocenters. The van der Waals surface area contributed by atoms with Gasteiger partial charge in [-0.3, -0.25) is 4.79 Å². The highest BCUT2D eigenvalue weighted by molar-refractivity contribution is 8.00. The SMILES string of the molecule is CCc1c(C#N)c(SC(C(N)=O)c2ccc(F)cc2)nc(N(C)C)c1C#N. The highest BCUT2D eigenvalue weighted by Gasteiger charge is 2.26. The number of pyridine rings is 1. The summed E-state index contributed by atoms with van der Waals surface area (Å²) in [6, 6.07) is 9.64. The van der Waals surface area contributed by atoms with Gasteiger partial charge in [0.25, 0.3) is 0 Å². The van der Waals surface area contributed by atoms with Gasteiger partial charge in [0.15, 0.2) is 0 Å². The third kappa shape index (κ3) is 4.18. The molecule has 0 saturated heterocycles. The zero-order chi connectivity index (χ0) is 20.1. The number of thioether (sulfide) groups is 1. The predicted octanol–water partition coefficient (Wildman–Crippen LogP) is 2.91. The van der Waals surface area contributed by atoms with Crippen LogP contribution in [0.2, 0.25) is 0 Å². The highest BCUT2D eigenvalue weighted by atomic mass is 32.2. The number of primary amides is 1. The van der Waals surface area contributed by atoms with Crippen LogP contribution in [0.4, 0.5) is 10.2 Å². The third-order valence-corrected chi connectivity index (χ3v) is 5.17. The molecule has 0 radical (unpaired) electrons. The maximum absolute atomic E-state index is 13.2. The molecule has 1 aromatic carbocycles. The van der Waals surface area contributed by atoms with Gasteiger partial charge in [-0.1, -0.05) is 30.8 Å². The fourth-order valence-corrected chi connectivity index (χ4v) is 3.69. The standard InChI is InChI=1S/C19H18FN5OS/c1-4-13-14(9-21)18(25(2)3)24-19(15(13)10-22)27-16(17(23)26)11-5-7-12(20)8-6-11/h5-8,16H,4H2,1-3H3,(H2,23,26). The molecule has 8 heteroatoms. The average Bonchev–Trinajstić information content (AvgIpc) is 2.65. The molecule has 1 unspecified atom stereocenters. The van der Waals surface area contributed by atoms with Gasteiger partial charge in [0.1, 0.15) is 34.0 Å². The molecule has 0 aliphatic carbocycles. The van der Waals surface area contributed by atoms with Crippen molar-refractivity contribution in [2.45, 2.75) is 23.6 Å². The first-order chi connectivity index (χ1) is 12.8. The normalized spacial score (nSPS) is 11.3. The van der Waals surface area contributed by atoms with Gasteiger partial charge in [-0.15, -0.1) is 0 Å². The van der Waals surface area contributed by atoms with Crippen molar-refractivity contribution in [1.29, 1.82) is 10.5 Å². The molecule has 0 saturated carbocycles. The Bertz CT molecular complexity index is 945. The minimum atomic E-state index is -0.849. The second kappa shape index (κ2) is 8.52. The van der Waals surface area contributed by atoms with Gasteiger partial charge in [0, 0.05) is 14.1 Å². The molecule has 1 aromatic heterocycles. The van der Waals surface area contributed by atoms with Gasteiger partial charge in [-0.25, -0.2) is 9.37 Å². The monoisotopic (exact) mass is 383 g/mol. The third-order valence-electron chi connectivity index (χ3n) is 3.91. The molecule has 2 rings (SSSR count). The lowest BCUT2D eigenvalue weighted by atomic mass is 10.0. The Hall–Kier alpha value is -3.10. The predicted molar refractivity (Wildman–Crippen MR) is 102 cm³/mol. The fourth-order valence-electron chi connectivity index (χ4n) is 2.63. The van der Waals surface area contributed by atoms with Gasteiger partial charge >= 0.3 is 0 Å². The average molecular weight is 383 g/mol. The van der Waals surface area contributed by atoms with Crippen LogP contribution >= 0.6 is 11.8 Å². The summed E-state index contributed by atoms with van der Waals surface area (Å²) in [5.74, 6) is -0.645. The van der Waals surface area contributed by atoms with Gasteiger partial charge in [-0.2, -0.15) is 10.5 Å². The van der Waals surface area contributed by atoms with Gasteiger partial charge < -0.3 is 10.6 Å². The molecule has 0 spiro atoms. The molecule has 1 amide bonds. The molecule has 0 fully saturated rings. The van der Waals surface area contributed by atoms with E-state index in [0.717, 1.165) is 11.8 Å². The van der Waals surface area contributed by atoms with Crippen molar-refractivity contribution >= 4 is 23.5 Å². The number of benzene rings is 1. The largest absolute Gasteiger partial charge is 0.368 e. The number of nitriles is 2. The van der Waals surface area contributed by atoms with E-state index in [0.29, 0.717) is 34.0 Å². The number of hydrogen-bond donors (Lipinski definition) is 1. The summed E-state index contributed by atoms with van der Waals surface area (Å²) >= 11 is 1.02. The van der Waals surface area contributed by atoms with Crippen LogP contribution in [0.5, 0.6) is 0 Å². The van der Waals surface area contributed by atoms with E-state index >= 15 is 0 Å². The highest BCUT2D eigenvalue weighted by Crippen LogP contribution is 2.39. The van der Waals surface area contributed by atoms with Crippen molar-refractivity contribution in [2.75, 3.05) is 19.0 Å². The number of hydrogen-bond acceptors (Lipinski definition) is 6. The summed E-state index contributed by atoms with van der Waals surface area (Å²) in [7, 11) is 3.49. The van der Waals surface area contributed by atoms with Crippen molar-refractivity contribution in [3.05, 3.63) is 52.3 Å². The molecule has 2 N–H and O–H groups in total. The topological polar surface area (TPSA) is 107 Å². The second-order valence-corrected chi connectivity index (χ2v) is 6.99. The number of nitrogens with zero attached hydrogens (tertiary/aromatic N) is 4. The second-order valence-electron chi connectivity index (χ2n) is 5.89. The van der Waals surface area contributed by atoms with Gasteiger partial charge in [0.05, 0.1) is 11.1 Å². The van der Waals surface area contributed by atoms with E-state index in [2.05, 4.69) is 17.1 Å². The van der Waals surface area contributed by atoms with E-state index < -0.39 is 17.0 Å².